The Morgan fingerprint density at radius 3 is 2.78 bits per heavy atom. The van der Waals surface area contributed by atoms with Gasteiger partial charge in [0, 0.05) is 20.7 Å². The third-order valence-corrected chi connectivity index (χ3v) is 3.34. The van der Waals surface area contributed by atoms with Crippen molar-refractivity contribution in [3.63, 3.8) is 0 Å². The fourth-order valence-corrected chi connectivity index (χ4v) is 1.92. The average Bonchev–Trinajstić information content (AvgIpc) is 2.34. The second-order valence-corrected chi connectivity index (χ2v) is 4.75. The Balaban J connectivity index is 2.72. The summed E-state index contributed by atoms with van der Waals surface area (Å²) in [5.74, 6) is -0.201. The molecule has 2 N–H and O–H groups in total. The lowest BCUT2D eigenvalue weighted by Crippen LogP contribution is -2.44. The number of hydrogen-bond acceptors (Lipinski definition) is 3. The van der Waals surface area contributed by atoms with Crippen LogP contribution in [0.3, 0.4) is 0 Å². The molecule has 0 saturated heterocycles. The Bertz CT molecular complexity index is 427. The molecule has 0 radical (unpaired) electrons. The van der Waals surface area contributed by atoms with Crippen LogP contribution in [-0.4, -0.2) is 37.6 Å². The summed E-state index contributed by atoms with van der Waals surface area (Å²) in [4.78, 5) is 13.4. The predicted octanol–water partition coefficient (Wildman–Crippen LogP) is 1.93. The zero-order chi connectivity index (χ0) is 13.7. The highest BCUT2D eigenvalue weighted by Crippen LogP contribution is 2.26. The molecule has 0 aliphatic rings. The Morgan fingerprint density at radius 1 is 1.50 bits per heavy atom. The van der Waals surface area contributed by atoms with Crippen LogP contribution in [0.15, 0.2) is 18.2 Å². The highest BCUT2D eigenvalue weighted by molar-refractivity contribution is 6.42. The molecule has 1 aromatic carbocycles. The number of likely N-dealkylation sites (N-methyl/N-ethyl adjacent to an activating group) is 1. The molecule has 1 amide bonds. The third kappa shape index (κ3) is 3.85. The van der Waals surface area contributed by atoms with Gasteiger partial charge in [0.05, 0.1) is 16.7 Å². The molecule has 0 spiro atoms. The van der Waals surface area contributed by atoms with Crippen molar-refractivity contribution in [1.82, 2.24) is 4.90 Å². The summed E-state index contributed by atoms with van der Waals surface area (Å²) in [5, 5.41) is 0.926. The van der Waals surface area contributed by atoms with Gasteiger partial charge in [-0.05, 0) is 11.6 Å². The monoisotopic (exact) mass is 290 g/mol. The fourth-order valence-electron chi connectivity index (χ4n) is 1.54. The zero-order valence-corrected chi connectivity index (χ0v) is 11.8. The summed E-state index contributed by atoms with van der Waals surface area (Å²) < 4.78 is 4.85. The number of nitrogens with zero attached hydrogens (tertiary/aromatic N) is 1. The minimum absolute atomic E-state index is 0.187. The van der Waals surface area contributed by atoms with Crippen LogP contribution in [0.4, 0.5) is 0 Å². The van der Waals surface area contributed by atoms with E-state index in [1.54, 1.807) is 19.2 Å². The largest absolute Gasteiger partial charge is 0.383 e. The molecule has 100 valence electrons. The number of hydrogen-bond donors (Lipinski definition) is 1. The number of halogens is 2. The van der Waals surface area contributed by atoms with E-state index in [0.29, 0.717) is 16.6 Å². The van der Waals surface area contributed by atoms with Crippen molar-refractivity contribution in [2.24, 2.45) is 5.73 Å². The van der Waals surface area contributed by atoms with Crippen LogP contribution in [0.5, 0.6) is 0 Å². The normalized spacial score (nSPS) is 12.3. The van der Waals surface area contributed by atoms with Crippen LogP contribution >= 0.6 is 23.2 Å². The van der Waals surface area contributed by atoms with Crippen LogP contribution in [0.25, 0.3) is 0 Å². The van der Waals surface area contributed by atoms with Crippen molar-refractivity contribution in [3.8, 4) is 0 Å². The van der Waals surface area contributed by atoms with Crippen molar-refractivity contribution in [1.29, 1.82) is 0 Å². The minimum atomic E-state index is -0.669. The SMILES string of the molecule is COCC(N)C(=O)N(C)Cc1cccc(Cl)c1Cl. The first-order chi connectivity index (χ1) is 8.47. The molecule has 0 aliphatic carbocycles. The molecule has 0 aromatic heterocycles. The lowest BCUT2D eigenvalue weighted by Gasteiger charge is -2.21. The van der Waals surface area contributed by atoms with Gasteiger partial charge in [0.1, 0.15) is 6.04 Å². The fraction of sp³-hybridized carbons (Fsp3) is 0.417. The van der Waals surface area contributed by atoms with Gasteiger partial charge in [0.2, 0.25) is 5.91 Å². The van der Waals surface area contributed by atoms with Crippen molar-refractivity contribution < 1.29 is 9.53 Å². The van der Waals surface area contributed by atoms with Crippen LogP contribution in [-0.2, 0) is 16.1 Å². The molecular weight excluding hydrogens is 275 g/mol. The number of carbonyl (C=O) groups excluding carboxylic acids is 1. The van der Waals surface area contributed by atoms with Gasteiger partial charge in [-0.2, -0.15) is 0 Å². The first kappa shape index (κ1) is 15.2. The zero-order valence-electron chi connectivity index (χ0n) is 10.3. The molecule has 0 aliphatic heterocycles. The number of ether oxygens (including phenoxy) is 1. The summed E-state index contributed by atoms with van der Waals surface area (Å²) in [5.41, 5.74) is 6.46. The van der Waals surface area contributed by atoms with Gasteiger partial charge < -0.3 is 15.4 Å². The maximum absolute atomic E-state index is 11.9. The van der Waals surface area contributed by atoms with E-state index in [0.717, 1.165) is 5.56 Å². The molecule has 0 bridgehead atoms. The van der Waals surface area contributed by atoms with Crippen molar-refractivity contribution in [3.05, 3.63) is 33.8 Å². The molecule has 1 atom stereocenters. The Kier molecular flexibility index (Phi) is 5.88. The van der Waals surface area contributed by atoms with Gasteiger partial charge in [0.25, 0.3) is 0 Å². The molecule has 0 fully saturated rings. The van der Waals surface area contributed by atoms with E-state index in [9.17, 15) is 4.79 Å². The van der Waals surface area contributed by atoms with Crippen LogP contribution in [0.1, 0.15) is 5.56 Å². The summed E-state index contributed by atoms with van der Waals surface area (Å²) >= 11 is 12.0. The third-order valence-electron chi connectivity index (χ3n) is 2.48. The molecule has 0 saturated carbocycles. The lowest BCUT2D eigenvalue weighted by atomic mass is 10.2. The van der Waals surface area contributed by atoms with E-state index in [2.05, 4.69) is 0 Å². The average molecular weight is 291 g/mol. The van der Waals surface area contributed by atoms with Gasteiger partial charge in [0.15, 0.2) is 0 Å². The maximum Gasteiger partial charge on any atom is 0.241 e. The quantitative estimate of drug-likeness (QED) is 0.901. The minimum Gasteiger partial charge on any atom is -0.383 e. The Morgan fingerprint density at radius 2 is 2.17 bits per heavy atom. The summed E-state index contributed by atoms with van der Waals surface area (Å²) in [6.07, 6.45) is 0. The van der Waals surface area contributed by atoms with Crippen molar-refractivity contribution in [2.75, 3.05) is 20.8 Å². The Labute approximate surface area is 117 Å². The van der Waals surface area contributed by atoms with E-state index in [1.807, 2.05) is 6.07 Å². The summed E-state index contributed by atoms with van der Waals surface area (Å²) in [7, 11) is 3.16. The molecule has 18 heavy (non-hydrogen) atoms. The van der Waals surface area contributed by atoms with E-state index in [1.165, 1.54) is 12.0 Å². The topological polar surface area (TPSA) is 55.6 Å². The molecule has 4 nitrogen and oxygen atoms in total. The van der Waals surface area contributed by atoms with E-state index < -0.39 is 6.04 Å². The standard InChI is InChI=1S/C12H16Cl2N2O2/c1-16(12(17)10(15)7-18-2)6-8-4-3-5-9(13)11(8)14/h3-5,10H,6-7,15H2,1-2H3. The van der Waals surface area contributed by atoms with E-state index >= 15 is 0 Å². The van der Waals surface area contributed by atoms with E-state index in [4.69, 9.17) is 33.7 Å². The number of rotatable bonds is 5. The lowest BCUT2D eigenvalue weighted by molar-refractivity contribution is -0.132. The molecule has 6 heteroatoms. The van der Waals surface area contributed by atoms with Crippen molar-refractivity contribution >= 4 is 29.1 Å². The summed E-state index contributed by atoms with van der Waals surface area (Å²) in [6.45, 7) is 0.544. The predicted molar refractivity (Wildman–Crippen MR) is 72.8 cm³/mol. The number of amides is 1. The second-order valence-electron chi connectivity index (χ2n) is 3.97. The van der Waals surface area contributed by atoms with Gasteiger partial charge >= 0.3 is 0 Å². The highest BCUT2D eigenvalue weighted by atomic mass is 35.5. The smallest absolute Gasteiger partial charge is 0.241 e. The first-order valence-electron chi connectivity index (χ1n) is 5.39. The molecule has 1 aromatic rings. The number of nitrogens with two attached hydrogens (primary N) is 1. The van der Waals surface area contributed by atoms with Crippen molar-refractivity contribution in [2.45, 2.75) is 12.6 Å². The van der Waals surface area contributed by atoms with Gasteiger partial charge in [-0.3, -0.25) is 4.79 Å². The molecule has 1 unspecified atom stereocenters. The number of benzene rings is 1. The maximum atomic E-state index is 11.9. The molecule has 0 heterocycles. The summed E-state index contributed by atoms with van der Waals surface area (Å²) in [6, 6.07) is 4.64. The van der Waals surface area contributed by atoms with Crippen LogP contribution < -0.4 is 5.73 Å². The molecular formula is C12H16Cl2N2O2. The van der Waals surface area contributed by atoms with Gasteiger partial charge in [-0.1, -0.05) is 35.3 Å². The highest BCUT2D eigenvalue weighted by Gasteiger charge is 2.18. The number of methoxy groups -OCH3 is 1. The molecule has 1 rings (SSSR count). The van der Waals surface area contributed by atoms with Gasteiger partial charge in [-0.15, -0.1) is 0 Å². The van der Waals surface area contributed by atoms with E-state index in [-0.39, 0.29) is 12.5 Å². The second kappa shape index (κ2) is 6.95. The first-order valence-corrected chi connectivity index (χ1v) is 6.15. The van der Waals surface area contributed by atoms with Crippen LogP contribution in [0.2, 0.25) is 10.0 Å². The number of carbonyl (C=O) groups is 1. The van der Waals surface area contributed by atoms with Gasteiger partial charge in [-0.25, -0.2) is 0 Å². The Hall–Kier alpha value is -0.810. The van der Waals surface area contributed by atoms with Crippen LogP contribution in [0, 0.1) is 0 Å².